The van der Waals surface area contributed by atoms with Crippen LogP contribution in [0.3, 0.4) is 0 Å². The molecule has 1 saturated carbocycles. The van der Waals surface area contributed by atoms with E-state index in [1.54, 1.807) is 0 Å². The lowest BCUT2D eigenvalue weighted by Gasteiger charge is -2.03. The number of carbonyl (C=O) groups is 1. The summed E-state index contributed by atoms with van der Waals surface area (Å²) in [6, 6.07) is 6.78. The van der Waals surface area contributed by atoms with Gasteiger partial charge in [0.2, 0.25) is 0 Å². The van der Waals surface area contributed by atoms with Gasteiger partial charge in [0.25, 0.3) is 0 Å². The molecule has 3 heteroatoms. The summed E-state index contributed by atoms with van der Waals surface area (Å²) in [6.07, 6.45) is 3.39. The fraction of sp³-hybridized carbons (Fsp3) is 0.438. The van der Waals surface area contributed by atoms with Crippen LogP contribution in [0.25, 0.3) is 10.9 Å². The number of carbonyl (C=O) groups excluding carboxylic acids is 1. The van der Waals surface area contributed by atoms with E-state index in [1.165, 1.54) is 18.4 Å². The van der Waals surface area contributed by atoms with Crippen LogP contribution in [0.1, 0.15) is 41.4 Å². The first-order valence-corrected chi connectivity index (χ1v) is 7.07. The number of aryl methyl sites for hydroxylation is 2. The molecule has 0 aliphatic heterocycles. The molecule has 1 aromatic carbocycles. The third-order valence-electron chi connectivity index (χ3n) is 3.90. The molecule has 0 bridgehead atoms. The van der Waals surface area contributed by atoms with E-state index >= 15 is 0 Å². The number of benzene rings is 1. The zero-order chi connectivity index (χ0) is 13.4. The number of para-hydroxylation sites is 1. The minimum Gasteiger partial charge on any atom is -0.358 e. The third-order valence-corrected chi connectivity index (χ3v) is 3.90. The van der Waals surface area contributed by atoms with Crippen molar-refractivity contribution in [1.82, 2.24) is 10.3 Å². The third kappa shape index (κ3) is 2.30. The summed E-state index contributed by atoms with van der Waals surface area (Å²) in [5.41, 5.74) is 4.24. The minimum atomic E-state index is 0.198. The largest absolute Gasteiger partial charge is 0.358 e. The van der Waals surface area contributed by atoms with E-state index in [-0.39, 0.29) is 5.78 Å². The average Bonchev–Trinajstić information content (AvgIpc) is 3.16. The van der Waals surface area contributed by atoms with Crippen LogP contribution in [0, 0.1) is 6.92 Å². The normalized spacial score (nSPS) is 15.1. The number of ketones is 1. The van der Waals surface area contributed by atoms with Crippen molar-refractivity contribution in [3.8, 4) is 0 Å². The highest BCUT2D eigenvalue weighted by Crippen LogP contribution is 2.26. The standard InChI is InChI=1S/C16H20N2O/c1-3-11-5-4-6-13-15(10(2)18-16(11)13)14(19)9-17-12-7-8-12/h4-6,12,17-18H,3,7-9H2,1-2H3. The Morgan fingerprint density at radius 3 is 2.89 bits per heavy atom. The SMILES string of the molecule is CCc1cccc2c(C(=O)CNC3CC3)c(C)[nH]c12. The van der Waals surface area contributed by atoms with Crippen molar-refractivity contribution in [3.63, 3.8) is 0 Å². The molecular weight excluding hydrogens is 236 g/mol. The number of aromatic amines is 1. The highest BCUT2D eigenvalue weighted by atomic mass is 16.1. The predicted molar refractivity (Wildman–Crippen MR) is 77.8 cm³/mol. The van der Waals surface area contributed by atoms with Gasteiger partial charge in [0.05, 0.1) is 6.54 Å². The van der Waals surface area contributed by atoms with Crippen molar-refractivity contribution in [2.24, 2.45) is 0 Å². The first-order valence-electron chi connectivity index (χ1n) is 7.07. The summed E-state index contributed by atoms with van der Waals surface area (Å²) in [6.45, 7) is 4.58. The van der Waals surface area contributed by atoms with Crippen LogP contribution >= 0.6 is 0 Å². The molecule has 1 heterocycles. The molecule has 1 aromatic heterocycles. The molecule has 0 amide bonds. The van der Waals surface area contributed by atoms with Gasteiger partial charge in [0, 0.05) is 28.2 Å². The Balaban J connectivity index is 1.97. The Labute approximate surface area is 113 Å². The van der Waals surface area contributed by atoms with E-state index in [2.05, 4.69) is 23.3 Å². The average molecular weight is 256 g/mol. The molecule has 0 atom stereocenters. The highest BCUT2D eigenvalue weighted by molar-refractivity contribution is 6.10. The Morgan fingerprint density at radius 1 is 1.42 bits per heavy atom. The van der Waals surface area contributed by atoms with Gasteiger partial charge in [-0.2, -0.15) is 0 Å². The second kappa shape index (κ2) is 4.82. The number of fused-ring (bicyclic) bond motifs is 1. The van der Waals surface area contributed by atoms with Gasteiger partial charge in [0.15, 0.2) is 5.78 Å². The van der Waals surface area contributed by atoms with Crippen LogP contribution < -0.4 is 5.32 Å². The van der Waals surface area contributed by atoms with Crippen LogP contribution in [-0.4, -0.2) is 23.4 Å². The van der Waals surface area contributed by atoms with Crippen molar-refractivity contribution in [3.05, 3.63) is 35.0 Å². The summed E-state index contributed by atoms with van der Waals surface area (Å²) in [5, 5.41) is 4.37. The van der Waals surface area contributed by atoms with Gasteiger partial charge in [0.1, 0.15) is 0 Å². The maximum atomic E-state index is 12.4. The monoisotopic (exact) mass is 256 g/mol. The van der Waals surface area contributed by atoms with Gasteiger partial charge in [-0.05, 0) is 31.7 Å². The number of hydrogen-bond acceptors (Lipinski definition) is 2. The lowest BCUT2D eigenvalue weighted by atomic mass is 10.0. The molecule has 1 fully saturated rings. The minimum absolute atomic E-state index is 0.198. The smallest absolute Gasteiger partial charge is 0.179 e. The van der Waals surface area contributed by atoms with Crippen LogP contribution in [0.2, 0.25) is 0 Å². The quantitative estimate of drug-likeness (QED) is 0.808. The summed E-state index contributed by atoms with van der Waals surface area (Å²) in [5.74, 6) is 0.198. The summed E-state index contributed by atoms with van der Waals surface area (Å²) < 4.78 is 0. The molecule has 19 heavy (non-hydrogen) atoms. The van der Waals surface area contributed by atoms with E-state index in [0.29, 0.717) is 12.6 Å². The van der Waals surface area contributed by atoms with Crippen LogP contribution in [0.4, 0.5) is 0 Å². The fourth-order valence-electron chi connectivity index (χ4n) is 2.67. The predicted octanol–water partition coefficient (Wildman–Crippen LogP) is 2.97. The molecule has 0 radical (unpaired) electrons. The maximum Gasteiger partial charge on any atom is 0.179 e. The summed E-state index contributed by atoms with van der Waals surface area (Å²) >= 11 is 0. The van der Waals surface area contributed by atoms with Crippen molar-refractivity contribution in [2.75, 3.05) is 6.54 Å². The molecule has 0 spiro atoms. The highest BCUT2D eigenvalue weighted by Gasteiger charge is 2.23. The van der Waals surface area contributed by atoms with E-state index in [9.17, 15) is 4.79 Å². The van der Waals surface area contributed by atoms with E-state index in [1.807, 2.05) is 19.1 Å². The van der Waals surface area contributed by atoms with Gasteiger partial charge >= 0.3 is 0 Å². The molecule has 2 aromatic rings. The number of hydrogen-bond donors (Lipinski definition) is 2. The second-order valence-corrected chi connectivity index (χ2v) is 5.40. The van der Waals surface area contributed by atoms with Gasteiger partial charge in [-0.1, -0.05) is 25.1 Å². The zero-order valence-corrected chi connectivity index (χ0v) is 11.5. The molecule has 3 nitrogen and oxygen atoms in total. The molecule has 3 rings (SSSR count). The Bertz CT molecular complexity index is 623. The summed E-state index contributed by atoms with van der Waals surface area (Å²) in [7, 11) is 0. The van der Waals surface area contributed by atoms with E-state index < -0.39 is 0 Å². The molecule has 2 N–H and O–H groups in total. The van der Waals surface area contributed by atoms with E-state index in [4.69, 9.17) is 0 Å². The Kier molecular flexibility index (Phi) is 3.15. The molecule has 0 unspecified atom stereocenters. The maximum absolute atomic E-state index is 12.4. The first kappa shape index (κ1) is 12.4. The number of Topliss-reactive ketones (excluding diaryl/α,β-unsaturated/α-hetero) is 1. The van der Waals surface area contributed by atoms with Crippen molar-refractivity contribution < 1.29 is 4.79 Å². The molecule has 1 aliphatic carbocycles. The first-order chi connectivity index (χ1) is 9.20. The topological polar surface area (TPSA) is 44.9 Å². The van der Waals surface area contributed by atoms with E-state index in [0.717, 1.165) is 28.6 Å². The second-order valence-electron chi connectivity index (χ2n) is 5.40. The van der Waals surface area contributed by atoms with Gasteiger partial charge in [-0.3, -0.25) is 4.79 Å². The Morgan fingerprint density at radius 2 is 2.21 bits per heavy atom. The lowest BCUT2D eigenvalue weighted by Crippen LogP contribution is -2.25. The van der Waals surface area contributed by atoms with Crippen molar-refractivity contribution in [1.29, 1.82) is 0 Å². The molecular formula is C16H20N2O. The fourth-order valence-corrected chi connectivity index (χ4v) is 2.67. The van der Waals surface area contributed by atoms with Gasteiger partial charge < -0.3 is 10.3 Å². The van der Waals surface area contributed by atoms with Crippen LogP contribution in [-0.2, 0) is 6.42 Å². The number of aromatic nitrogens is 1. The van der Waals surface area contributed by atoms with Crippen molar-refractivity contribution >= 4 is 16.7 Å². The zero-order valence-electron chi connectivity index (χ0n) is 11.5. The van der Waals surface area contributed by atoms with Crippen LogP contribution in [0.15, 0.2) is 18.2 Å². The van der Waals surface area contributed by atoms with Crippen molar-refractivity contribution in [2.45, 2.75) is 39.2 Å². The molecule has 100 valence electrons. The Hall–Kier alpha value is -1.61. The molecule has 1 aliphatic rings. The number of H-pyrrole nitrogens is 1. The summed E-state index contributed by atoms with van der Waals surface area (Å²) in [4.78, 5) is 15.8. The van der Waals surface area contributed by atoms with Gasteiger partial charge in [-0.15, -0.1) is 0 Å². The van der Waals surface area contributed by atoms with Gasteiger partial charge in [-0.25, -0.2) is 0 Å². The number of rotatable bonds is 5. The van der Waals surface area contributed by atoms with Crippen LogP contribution in [0.5, 0.6) is 0 Å². The lowest BCUT2D eigenvalue weighted by molar-refractivity contribution is 0.0991. The molecule has 0 saturated heterocycles. The number of nitrogens with one attached hydrogen (secondary N) is 2.